The maximum Gasteiger partial charge on any atom is 0.253 e. The summed E-state index contributed by atoms with van der Waals surface area (Å²) in [5.41, 5.74) is 5.97. The molecule has 2 aromatic heterocycles. The molecule has 0 aromatic carbocycles. The summed E-state index contributed by atoms with van der Waals surface area (Å²) in [5.74, 6) is 0.665. The predicted molar refractivity (Wildman–Crippen MR) is 52.5 cm³/mol. The van der Waals surface area contributed by atoms with Crippen LogP contribution in [-0.4, -0.2) is 15.0 Å². The minimum absolute atomic E-state index is 0.209. The van der Waals surface area contributed by atoms with Gasteiger partial charge in [0.2, 0.25) is 0 Å². The minimum Gasteiger partial charge on any atom is -0.383 e. The minimum atomic E-state index is -0.260. The van der Waals surface area contributed by atoms with Crippen LogP contribution < -0.4 is 11.3 Å². The predicted octanol–water partition coefficient (Wildman–Crippen LogP) is 0.414. The Hall–Kier alpha value is -2.17. The van der Waals surface area contributed by atoms with Gasteiger partial charge in [0.1, 0.15) is 11.6 Å². The van der Waals surface area contributed by atoms with E-state index in [9.17, 15) is 4.79 Å². The van der Waals surface area contributed by atoms with Crippen molar-refractivity contribution in [3.63, 3.8) is 0 Å². The maximum absolute atomic E-state index is 11.1. The van der Waals surface area contributed by atoms with Crippen molar-refractivity contribution in [3.8, 4) is 11.4 Å². The van der Waals surface area contributed by atoms with Crippen molar-refractivity contribution in [2.45, 2.75) is 0 Å². The number of nitrogens with zero attached hydrogens (tertiary/aromatic N) is 2. The second kappa shape index (κ2) is 3.29. The molecule has 5 nitrogen and oxygen atoms in total. The molecule has 70 valence electrons. The molecule has 0 fully saturated rings. The van der Waals surface area contributed by atoms with Crippen LogP contribution in [0.3, 0.4) is 0 Å². The average molecular weight is 188 g/mol. The Bertz CT molecular complexity index is 492. The molecule has 0 unspecified atom stereocenters. The Morgan fingerprint density at radius 2 is 2.00 bits per heavy atom. The molecule has 0 aliphatic rings. The molecule has 0 amide bonds. The van der Waals surface area contributed by atoms with Crippen LogP contribution in [-0.2, 0) is 0 Å². The van der Waals surface area contributed by atoms with Crippen LogP contribution in [0.25, 0.3) is 11.4 Å². The molecule has 2 rings (SSSR count). The highest BCUT2D eigenvalue weighted by Gasteiger charge is 2.00. The molecular weight excluding hydrogens is 180 g/mol. The first-order valence-electron chi connectivity index (χ1n) is 4.03. The monoisotopic (exact) mass is 188 g/mol. The van der Waals surface area contributed by atoms with Crippen molar-refractivity contribution in [1.82, 2.24) is 15.0 Å². The van der Waals surface area contributed by atoms with E-state index in [0.29, 0.717) is 5.82 Å². The topological polar surface area (TPSA) is 84.7 Å². The van der Waals surface area contributed by atoms with Crippen molar-refractivity contribution in [2.75, 3.05) is 5.73 Å². The van der Waals surface area contributed by atoms with Crippen LogP contribution in [0.4, 0.5) is 5.82 Å². The van der Waals surface area contributed by atoms with E-state index < -0.39 is 0 Å². The van der Waals surface area contributed by atoms with E-state index in [1.807, 2.05) is 0 Å². The first-order chi connectivity index (χ1) is 6.75. The molecule has 5 heteroatoms. The molecule has 0 spiro atoms. The second-order valence-electron chi connectivity index (χ2n) is 2.75. The van der Waals surface area contributed by atoms with Crippen LogP contribution in [0.2, 0.25) is 0 Å². The van der Waals surface area contributed by atoms with Crippen molar-refractivity contribution in [2.24, 2.45) is 0 Å². The number of pyridine rings is 1. The third-order valence-corrected chi connectivity index (χ3v) is 1.72. The number of H-pyrrole nitrogens is 1. The lowest BCUT2D eigenvalue weighted by Crippen LogP contribution is -2.09. The lowest BCUT2D eigenvalue weighted by atomic mass is 10.2. The third-order valence-electron chi connectivity index (χ3n) is 1.72. The summed E-state index contributed by atoms with van der Waals surface area (Å²) < 4.78 is 0. The van der Waals surface area contributed by atoms with Gasteiger partial charge in [-0.25, -0.2) is 4.98 Å². The largest absolute Gasteiger partial charge is 0.383 e. The molecule has 2 aromatic rings. The van der Waals surface area contributed by atoms with Crippen LogP contribution >= 0.6 is 0 Å². The first kappa shape index (κ1) is 8.43. The Morgan fingerprint density at radius 3 is 2.64 bits per heavy atom. The fourth-order valence-corrected chi connectivity index (χ4v) is 1.12. The highest BCUT2D eigenvalue weighted by atomic mass is 16.1. The molecule has 2 heterocycles. The molecular formula is C9H8N4O. The SMILES string of the molecule is Nc1cc(=O)[nH]c(-c2ccncc2)n1. The average Bonchev–Trinajstić information content (AvgIpc) is 2.18. The van der Waals surface area contributed by atoms with Gasteiger partial charge in [0.15, 0.2) is 0 Å². The number of aromatic nitrogens is 3. The highest BCUT2D eigenvalue weighted by Crippen LogP contribution is 2.11. The fraction of sp³-hybridized carbons (Fsp3) is 0. The van der Waals surface area contributed by atoms with E-state index in [1.165, 1.54) is 6.07 Å². The van der Waals surface area contributed by atoms with Gasteiger partial charge in [0.05, 0.1) is 0 Å². The van der Waals surface area contributed by atoms with Crippen LogP contribution in [0.1, 0.15) is 0 Å². The molecule has 14 heavy (non-hydrogen) atoms. The molecule has 0 atom stereocenters. The van der Waals surface area contributed by atoms with E-state index in [0.717, 1.165) is 5.56 Å². The summed E-state index contributed by atoms with van der Waals surface area (Å²) >= 11 is 0. The number of anilines is 1. The zero-order chi connectivity index (χ0) is 9.97. The molecule has 0 aliphatic heterocycles. The lowest BCUT2D eigenvalue weighted by Gasteiger charge is -1.99. The van der Waals surface area contributed by atoms with E-state index in [1.54, 1.807) is 24.5 Å². The van der Waals surface area contributed by atoms with E-state index in [4.69, 9.17) is 5.73 Å². The Morgan fingerprint density at radius 1 is 1.29 bits per heavy atom. The highest BCUT2D eigenvalue weighted by molar-refractivity contribution is 5.54. The number of nitrogen functional groups attached to an aromatic ring is 1. The normalized spacial score (nSPS) is 10.0. The quantitative estimate of drug-likeness (QED) is 0.679. The van der Waals surface area contributed by atoms with Gasteiger partial charge in [-0.3, -0.25) is 9.78 Å². The second-order valence-corrected chi connectivity index (χ2v) is 2.75. The van der Waals surface area contributed by atoms with Crippen LogP contribution in [0.5, 0.6) is 0 Å². The van der Waals surface area contributed by atoms with Gasteiger partial charge in [-0.1, -0.05) is 0 Å². The van der Waals surface area contributed by atoms with Gasteiger partial charge < -0.3 is 10.7 Å². The molecule has 0 saturated carbocycles. The zero-order valence-corrected chi connectivity index (χ0v) is 7.27. The summed E-state index contributed by atoms with van der Waals surface area (Å²) in [6.45, 7) is 0. The van der Waals surface area contributed by atoms with Crippen molar-refractivity contribution >= 4 is 5.82 Å². The summed E-state index contributed by atoms with van der Waals surface area (Å²) in [6, 6.07) is 4.74. The van der Waals surface area contributed by atoms with Crippen LogP contribution in [0.15, 0.2) is 35.4 Å². The number of hydrogen-bond donors (Lipinski definition) is 2. The Balaban J connectivity index is 2.58. The number of rotatable bonds is 1. The maximum atomic E-state index is 11.1. The smallest absolute Gasteiger partial charge is 0.253 e. The summed E-state index contributed by atoms with van der Waals surface area (Å²) in [6.07, 6.45) is 3.25. The number of nitrogens with two attached hydrogens (primary N) is 1. The number of hydrogen-bond acceptors (Lipinski definition) is 4. The zero-order valence-electron chi connectivity index (χ0n) is 7.27. The fourth-order valence-electron chi connectivity index (χ4n) is 1.12. The van der Waals surface area contributed by atoms with Crippen molar-refractivity contribution < 1.29 is 0 Å². The summed E-state index contributed by atoms with van der Waals surface area (Å²) in [4.78, 5) is 21.5. The summed E-state index contributed by atoms with van der Waals surface area (Å²) in [7, 11) is 0. The number of nitrogens with one attached hydrogen (secondary N) is 1. The Kier molecular flexibility index (Phi) is 1.98. The van der Waals surface area contributed by atoms with Gasteiger partial charge in [-0.05, 0) is 12.1 Å². The third kappa shape index (κ3) is 1.61. The molecule has 0 bridgehead atoms. The molecule has 0 saturated heterocycles. The van der Waals surface area contributed by atoms with Gasteiger partial charge >= 0.3 is 0 Å². The lowest BCUT2D eigenvalue weighted by molar-refractivity contribution is 1.13. The molecule has 0 aliphatic carbocycles. The number of aromatic amines is 1. The molecule has 0 radical (unpaired) electrons. The van der Waals surface area contributed by atoms with E-state index in [2.05, 4.69) is 15.0 Å². The molecule has 3 N–H and O–H groups in total. The van der Waals surface area contributed by atoms with Gasteiger partial charge in [0, 0.05) is 24.0 Å². The van der Waals surface area contributed by atoms with Gasteiger partial charge in [-0.2, -0.15) is 0 Å². The van der Waals surface area contributed by atoms with E-state index in [-0.39, 0.29) is 11.4 Å². The Labute approximate surface area is 79.6 Å². The van der Waals surface area contributed by atoms with Gasteiger partial charge in [0.25, 0.3) is 5.56 Å². The summed E-state index contributed by atoms with van der Waals surface area (Å²) in [5, 5.41) is 0. The van der Waals surface area contributed by atoms with Crippen LogP contribution in [0, 0.1) is 0 Å². The van der Waals surface area contributed by atoms with Crippen molar-refractivity contribution in [3.05, 3.63) is 40.9 Å². The van der Waals surface area contributed by atoms with Gasteiger partial charge in [-0.15, -0.1) is 0 Å². The van der Waals surface area contributed by atoms with Crippen molar-refractivity contribution in [1.29, 1.82) is 0 Å². The van der Waals surface area contributed by atoms with E-state index >= 15 is 0 Å². The first-order valence-corrected chi connectivity index (χ1v) is 4.03. The standard InChI is InChI=1S/C9H8N4O/c10-7-5-8(14)13-9(12-7)6-1-3-11-4-2-6/h1-5H,(H3,10,12,13,14).